The zero-order valence-corrected chi connectivity index (χ0v) is 17.8. The molecular weight excluding hydrogens is 364 g/mol. The van der Waals surface area contributed by atoms with Crippen LogP contribution in [0.15, 0.2) is 0 Å². The van der Waals surface area contributed by atoms with Crippen LogP contribution in [0.3, 0.4) is 0 Å². The molecule has 1 atom stereocenters. The largest absolute Gasteiger partial charge is 0.481 e. The average molecular weight is 399 g/mol. The first-order valence-electron chi connectivity index (χ1n) is 9.46. The Bertz CT molecular complexity index is 589. The van der Waals surface area contributed by atoms with Crippen LogP contribution in [0.4, 0.5) is 0 Å². The van der Waals surface area contributed by atoms with E-state index in [0.717, 1.165) is 0 Å². The number of ether oxygens (including phenoxy) is 2. The minimum absolute atomic E-state index is 0.0809. The molecule has 0 saturated carbocycles. The molecule has 0 heterocycles. The van der Waals surface area contributed by atoms with Crippen LogP contribution in [0.1, 0.15) is 54.4 Å². The summed E-state index contributed by atoms with van der Waals surface area (Å²) in [5, 5.41) is 14.2. The van der Waals surface area contributed by atoms with Crippen molar-refractivity contribution in [1.29, 1.82) is 0 Å². The Morgan fingerprint density at radius 2 is 1.57 bits per heavy atom. The topological polar surface area (TPSA) is 114 Å². The highest BCUT2D eigenvalue weighted by Gasteiger charge is 2.28. The normalized spacial score (nSPS) is 12.5. The van der Waals surface area contributed by atoms with Crippen molar-refractivity contribution in [3.05, 3.63) is 0 Å². The van der Waals surface area contributed by atoms with Crippen molar-refractivity contribution in [1.82, 2.24) is 10.6 Å². The number of aliphatic carboxylic acids is 1. The number of carboxylic acids is 1. The van der Waals surface area contributed by atoms with Crippen molar-refractivity contribution < 1.29 is 29.0 Å². The number of carbonyl (C=O) groups is 3. The van der Waals surface area contributed by atoms with Gasteiger partial charge in [-0.05, 0) is 54.4 Å². The number of carboxylic acid groups (broad SMARTS) is 1. The van der Waals surface area contributed by atoms with E-state index in [0.29, 0.717) is 32.5 Å². The summed E-state index contributed by atoms with van der Waals surface area (Å²) in [6, 6.07) is 0. The molecule has 0 bridgehead atoms. The minimum atomic E-state index is -0.964. The van der Waals surface area contributed by atoms with Gasteiger partial charge in [0.1, 0.15) is 0 Å². The molecule has 0 radical (unpaired) electrons. The molecule has 0 fully saturated rings. The molecule has 1 unspecified atom stereocenters. The number of hydrogen-bond acceptors (Lipinski definition) is 5. The van der Waals surface area contributed by atoms with Crippen molar-refractivity contribution in [3.8, 4) is 11.8 Å². The Hall–Kier alpha value is -2.11. The number of carbonyl (C=O) groups excluding carboxylic acids is 2. The lowest BCUT2D eigenvalue weighted by Crippen LogP contribution is -2.33. The van der Waals surface area contributed by atoms with Crippen molar-refractivity contribution in [2.24, 2.45) is 5.41 Å². The van der Waals surface area contributed by atoms with Gasteiger partial charge in [0.05, 0.1) is 23.7 Å². The maximum absolute atomic E-state index is 11.7. The summed E-state index contributed by atoms with van der Waals surface area (Å²) in [7, 11) is 0. The van der Waals surface area contributed by atoms with Crippen LogP contribution in [0.5, 0.6) is 0 Å². The van der Waals surface area contributed by atoms with Crippen molar-refractivity contribution in [2.75, 3.05) is 26.3 Å². The van der Waals surface area contributed by atoms with Gasteiger partial charge in [0.25, 0.3) is 11.8 Å². The molecule has 0 rings (SSSR count). The Balaban J connectivity index is 4.07. The van der Waals surface area contributed by atoms with Gasteiger partial charge in [-0.1, -0.05) is 0 Å². The molecule has 0 saturated heterocycles. The first-order chi connectivity index (χ1) is 12.9. The highest BCUT2D eigenvalue weighted by molar-refractivity contribution is 6.02. The van der Waals surface area contributed by atoms with E-state index >= 15 is 0 Å². The second-order valence-electron chi connectivity index (χ2n) is 7.80. The lowest BCUT2D eigenvalue weighted by molar-refractivity contribution is -0.151. The van der Waals surface area contributed by atoms with Crippen molar-refractivity contribution in [2.45, 2.75) is 66.1 Å². The van der Waals surface area contributed by atoms with Gasteiger partial charge in [0.15, 0.2) is 0 Å². The number of hydrogen-bond donors (Lipinski definition) is 3. The number of amides is 2. The van der Waals surface area contributed by atoms with Crippen molar-refractivity contribution >= 4 is 17.8 Å². The Kier molecular flexibility index (Phi) is 11.4. The number of rotatable bonds is 12. The van der Waals surface area contributed by atoms with E-state index in [1.807, 2.05) is 20.8 Å². The molecule has 0 aliphatic heterocycles. The molecule has 3 N–H and O–H groups in total. The van der Waals surface area contributed by atoms with E-state index in [1.165, 1.54) is 0 Å². The van der Waals surface area contributed by atoms with Gasteiger partial charge in [0, 0.05) is 31.5 Å². The lowest BCUT2D eigenvalue weighted by atomic mass is 9.95. The lowest BCUT2D eigenvalue weighted by Gasteiger charge is -2.24. The zero-order valence-electron chi connectivity index (χ0n) is 17.8. The van der Waals surface area contributed by atoms with Gasteiger partial charge < -0.3 is 25.2 Å². The van der Waals surface area contributed by atoms with E-state index in [1.54, 1.807) is 20.8 Å². The molecule has 0 aromatic heterocycles. The van der Waals surface area contributed by atoms with Crippen molar-refractivity contribution in [3.63, 3.8) is 0 Å². The second kappa shape index (κ2) is 12.4. The average Bonchev–Trinajstić information content (AvgIpc) is 2.58. The molecule has 2 amide bonds. The number of nitrogens with one attached hydrogen (secondary N) is 2. The molecule has 0 aliphatic carbocycles. The van der Waals surface area contributed by atoms with Crippen LogP contribution < -0.4 is 10.6 Å². The fourth-order valence-electron chi connectivity index (χ4n) is 2.03. The van der Waals surface area contributed by atoms with Gasteiger partial charge in [-0.3, -0.25) is 14.4 Å². The van der Waals surface area contributed by atoms with Gasteiger partial charge in [-0.15, -0.1) is 0 Å². The predicted octanol–water partition coefficient (Wildman–Crippen LogP) is 1.33. The van der Waals surface area contributed by atoms with Crippen LogP contribution in [0, 0.1) is 17.3 Å². The molecule has 0 aliphatic rings. The fourth-order valence-corrected chi connectivity index (χ4v) is 2.03. The molecule has 8 heteroatoms. The second-order valence-corrected chi connectivity index (χ2v) is 7.80. The van der Waals surface area contributed by atoms with Gasteiger partial charge >= 0.3 is 5.97 Å². The monoisotopic (exact) mass is 398 g/mol. The summed E-state index contributed by atoms with van der Waals surface area (Å²) in [6.07, 6.45) is 0.919. The first kappa shape index (κ1) is 25.9. The molecule has 0 aromatic carbocycles. The Morgan fingerprint density at radius 1 is 1.04 bits per heavy atom. The molecule has 160 valence electrons. The highest BCUT2D eigenvalue weighted by atomic mass is 16.5. The van der Waals surface area contributed by atoms with Crippen LogP contribution in [0.2, 0.25) is 0 Å². The van der Waals surface area contributed by atoms with E-state index in [9.17, 15) is 14.4 Å². The van der Waals surface area contributed by atoms with E-state index in [2.05, 4.69) is 22.5 Å². The maximum Gasteiger partial charge on any atom is 0.311 e. The maximum atomic E-state index is 11.7. The summed E-state index contributed by atoms with van der Waals surface area (Å²) in [4.78, 5) is 34.3. The third-order valence-electron chi connectivity index (χ3n) is 3.98. The van der Waals surface area contributed by atoms with E-state index in [-0.39, 0.29) is 18.3 Å². The molecule has 8 nitrogen and oxygen atoms in total. The van der Waals surface area contributed by atoms with Crippen LogP contribution in [-0.2, 0) is 23.9 Å². The van der Waals surface area contributed by atoms with E-state index < -0.39 is 23.2 Å². The molecule has 28 heavy (non-hydrogen) atoms. The third kappa shape index (κ3) is 12.3. The highest BCUT2D eigenvalue weighted by Crippen LogP contribution is 2.16. The van der Waals surface area contributed by atoms with Gasteiger partial charge in [-0.25, -0.2) is 0 Å². The summed E-state index contributed by atoms with van der Waals surface area (Å²) >= 11 is 0. The summed E-state index contributed by atoms with van der Waals surface area (Å²) in [5.41, 5.74) is -1.29. The first-order valence-corrected chi connectivity index (χ1v) is 9.46. The fraction of sp³-hybridized carbons (Fsp3) is 0.750. The third-order valence-corrected chi connectivity index (χ3v) is 3.98. The van der Waals surface area contributed by atoms with E-state index in [4.69, 9.17) is 14.6 Å². The van der Waals surface area contributed by atoms with Crippen LogP contribution in [0.25, 0.3) is 0 Å². The Morgan fingerprint density at radius 3 is 2.07 bits per heavy atom. The molecular formula is C20H34N2O6. The predicted molar refractivity (Wildman–Crippen MR) is 106 cm³/mol. The SMILES string of the molecule is CCOC(C)(C)CCNC(=O)C#CC(=O)NCCC(C)OCC(C)(C)C(=O)O. The van der Waals surface area contributed by atoms with Crippen LogP contribution in [-0.4, -0.2) is 60.9 Å². The minimum Gasteiger partial charge on any atom is -0.481 e. The van der Waals surface area contributed by atoms with Crippen LogP contribution >= 0.6 is 0 Å². The summed E-state index contributed by atoms with van der Waals surface area (Å²) in [5.74, 6) is 2.49. The smallest absolute Gasteiger partial charge is 0.311 e. The standard InChI is InChI=1S/C20H34N2O6/c1-7-28-20(5,6)11-13-22-17(24)9-8-16(23)21-12-10-15(2)27-14-19(3,4)18(25)26/h15H,7,10-14H2,1-6H3,(H,21,23)(H,22,24)(H,25,26). The molecule has 0 spiro atoms. The molecule has 0 aromatic rings. The quantitative estimate of drug-likeness (QED) is 0.428. The Labute approximate surface area is 167 Å². The van der Waals surface area contributed by atoms with Gasteiger partial charge in [-0.2, -0.15) is 0 Å². The zero-order chi connectivity index (χ0) is 21.8. The van der Waals surface area contributed by atoms with Gasteiger partial charge in [0.2, 0.25) is 0 Å². The summed E-state index contributed by atoms with van der Waals surface area (Å²) < 4.78 is 11.0. The summed E-state index contributed by atoms with van der Waals surface area (Å²) in [6.45, 7) is 12.2.